The summed E-state index contributed by atoms with van der Waals surface area (Å²) < 4.78 is 7.47. The van der Waals surface area contributed by atoms with Crippen molar-refractivity contribution in [1.29, 1.82) is 0 Å². The normalized spacial score (nSPS) is 17.2. The van der Waals surface area contributed by atoms with Crippen LogP contribution in [0.15, 0.2) is 6.20 Å². The molecule has 4 heteroatoms. The van der Waals surface area contributed by atoms with Gasteiger partial charge >= 0.3 is 0 Å². The van der Waals surface area contributed by atoms with Crippen molar-refractivity contribution in [2.24, 2.45) is 0 Å². The van der Waals surface area contributed by atoms with Gasteiger partial charge in [0, 0.05) is 30.9 Å². The van der Waals surface area contributed by atoms with Crippen molar-refractivity contribution in [2.75, 3.05) is 31.2 Å². The average molecular weight is 237 g/mol. The molecule has 1 aliphatic heterocycles. The molecule has 0 radical (unpaired) electrons. The van der Waals surface area contributed by atoms with E-state index in [4.69, 9.17) is 9.84 Å². The van der Waals surface area contributed by atoms with E-state index in [0.29, 0.717) is 12.0 Å². The smallest absolute Gasteiger partial charge is 0.154 e. The third-order valence-corrected chi connectivity index (χ3v) is 3.20. The number of ether oxygens (including phenoxy) is 1. The van der Waals surface area contributed by atoms with Gasteiger partial charge in [-0.2, -0.15) is 5.10 Å². The summed E-state index contributed by atoms with van der Waals surface area (Å²) in [6.07, 6.45) is 2.19. The summed E-state index contributed by atoms with van der Waals surface area (Å²) in [6.45, 7) is 12.3. The van der Waals surface area contributed by atoms with Crippen LogP contribution in [0.3, 0.4) is 0 Å². The predicted octanol–water partition coefficient (Wildman–Crippen LogP) is 2.42. The molecule has 0 spiro atoms. The lowest BCUT2D eigenvalue weighted by atomic mass is 10.1. The van der Waals surface area contributed by atoms with Gasteiger partial charge in [-0.05, 0) is 19.8 Å². The van der Waals surface area contributed by atoms with Crippen LogP contribution in [-0.2, 0) is 4.74 Å². The van der Waals surface area contributed by atoms with Crippen LogP contribution >= 0.6 is 0 Å². The molecule has 0 bridgehead atoms. The number of morpholine rings is 1. The maximum atomic E-state index is 5.40. The van der Waals surface area contributed by atoms with Crippen molar-refractivity contribution < 1.29 is 4.74 Å². The molecule has 0 aromatic carbocycles. The monoisotopic (exact) mass is 237 g/mol. The van der Waals surface area contributed by atoms with Crippen LogP contribution < -0.4 is 4.90 Å². The first kappa shape index (κ1) is 12.4. The van der Waals surface area contributed by atoms with Gasteiger partial charge in [0.2, 0.25) is 0 Å². The van der Waals surface area contributed by atoms with Gasteiger partial charge in [-0.15, -0.1) is 0 Å². The van der Waals surface area contributed by atoms with Gasteiger partial charge < -0.3 is 9.64 Å². The lowest BCUT2D eigenvalue weighted by Crippen LogP contribution is -2.37. The van der Waals surface area contributed by atoms with E-state index in [-0.39, 0.29) is 0 Å². The predicted molar refractivity (Wildman–Crippen MR) is 69.7 cm³/mol. The Kier molecular flexibility index (Phi) is 3.72. The van der Waals surface area contributed by atoms with Gasteiger partial charge in [-0.25, -0.2) is 0 Å². The fourth-order valence-corrected chi connectivity index (χ4v) is 2.09. The molecule has 1 fully saturated rings. The number of rotatable bonds is 3. The molecule has 1 aromatic rings. The van der Waals surface area contributed by atoms with Crippen LogP contribution in [0.4, 0.5) is 5.82 Å². The molecular formula is C13H23N3O. The van der Waals surface area contributed by atoms with E-state index < -0.39 is 0 Å². The molecule has 0 unspecified atom stereocenters. The molecule has 1 saturated heterocycles. The maximum absolute atomic E-state index is 5.40. The van der Waals surface area contributed by atoms with Crippen molar-refractivity contribution in [2.45, 2.75) is 39.7 Å². The molecule has 1 aromatic heterocycles. The summed E-state index contributed by atoms with van der Waals surface area (Å²) in [7, 11) is 0. The largest absolute Gasteiger partial charge is 0.378 e. The number of anilines is 1. The molecular weight excluding hydrogens is 214 g/mol. The van der Waals surface area contributed by atoms with Crippen LogP contribution in [0.2, 0.25) is 0 Å². The zero-order valence-corrected chi connectivity index (χ0v) is 11.3. The van der Waals surface area contributed by atoms with Crippen LogP contribution in [-0.4, -0.2) is 36.1 Å². The lowest BCUT2D eigenvalue weighted by Gasteiger charge is -2.28. The molecule has 4 nitrogen and oxygen atoms in total. The number of hydrogen-bond acceptors (Lipinski definition) is 3. The van der Waals surface area contributed by atoms with Crippen LogP contribution in [0.1, 0.15) is 45.2 Å². The van der Waals surface area contributed by atoms with Gasteiger partial charge in [0.15, 0.2) is 5.82 Å². The Labute approximate surface area is 104 Å². The Morgan fingerprint density at radius 3 is 2.35 bits per heavy atom. The van der Waals surface area contributed by atoms with Crippen molar-refractivity contribution in [1.82, 2.24) is 9.78 Å². The summed E-state index contributed by atoms with van der Waals surface area (Å²) in [5, 5.41) is 4.74. The van der Waals surface area contributed by atoms with Crippen molar-refractivity contribution in [3.05, 3.63) is 11.8 Å². The van der Waals surface area contributed by atoms with E-state index in [0.717, 1.165) is 32.1 Å². The van der Waals surface area contributed by atoms with E-state index in [1.807, 2.05) is 0 Å². The third-order valence-electron chi connectivity index (χ3n) is 3.20. The molecule has 0 amide bonds. The van der Waals surface area contributed by atoms with E-state index in [1.165, 1.54) is 5.56 Å². The van der Waals surface area contributed by atoms with Crippen molar-refractivity contribution in [3.8, 4) is 0 Å². The van der Waals surface area contributed by atoms with Crippen molar-refractivity contribution in [3.63, 3.8) is 0 Å². The maximum Gasteiger partial charge on any atom is 0.154 e. The van der Waals surface area contributed by atoms with E-state index in [9.17, 15) is 0 Å². The number of nitrogens with zero attached hydrogens (tertiary/aromatic N) is 3. The molecule has 0 aliphatic carbocycles. The molecule has 96 valence electrons. The second-order valence-corrected chi connectivity index (χ2v) is 5.24. The first-order valence-corrected chi connectivity index (χ1v) is 6.51. The van der Waals surface area contributed by atoms with Gasteiger partial charge in [-0.3, -0.25) is 4.68 Å². The molecule has 17 heavy (non-hydrogen) atoms. The Hall–Kier alpha value is -1.03. The summed E-state index contributed by atoms with van der Waals surface area (Å²) >= 11 is 0. The van der Waals surface area contributed by atoms with E-state index >= 15 is 0 Å². The molecule has 2 heterocycles. The molecule has 0 saturated carbocycles. The Morgan fingerprint density at radius 2 is 1.82 bits per heavy atom. The summed E-state index contributed by atoms with van der Waals surface area (Å²) in [5.41, 5.74) is 1.35. The highest BCUT2D eigenvalue weighted by atomic mass is 16.5. The lowest BCUT2D eigenvalue weighted by molar-refractivity contribution is 0.122. The van der Waals surface area contributed by atoms with Gasteiger partial charge in [-0.1, -0.05) is 13.8 Å². The standard InChI is InChI=1S/C13H23N3O/c1-10(2)12-9-16(11(3)4)14-13(12)15-5-7-17-8-6-15/h9-11H,5-8H2,1-4H3. The second-order valence-electron chi connectivity index (χ2n) is 5.24. The van der Waals surface area contributed by atoms with Gasteiger partial charge in [0.05, 0.1) is 13.2 Å². The van der Waals surface area contributed by atoms with E-state index in [2.05, 4.69) is 43.5 Å². The van der Waals surface area contributed by atoms with E-state index in [1.54, 1.807) is 0 Å². The quantitative estimate of drug-likeness (QED) is 0.809. The third kappa shape index (κ3) is 2.63. The van der Waals surface area contributed by atoms with Gasteiger partial charge in [0.1, 0.15) is 0 Å². The summed E-state index contributed by atoms with van der Waals surface area (Å²) in [5.74, 6) is 1.66. The minimum absolute atomic E-state index is 0.419. The number of aromatic nitrogens is 2. The molecule has 2 rings (SSSR count). The Balaban J connectivity index is 2.29. The zero-order valence-electron chi connectivity index (χ0n) is 11.3. The fourth-order valence-electron chi connectivity index (χ4n) is 2.09. The first-order chi connectivity index (χ1) is 8.09. The number of hydrogen-bond donors (Lipinski definition) is 0. The van der Waals surface area contributed by atoms with Crippen LogP contribution in [0, 0.1) is 0 Å². The highest BCUT2D eigenvalue weighted by molar-refractivity contribution is 5.48. The van der Waals surface area contributed by atoms with Gasteiger partial charge in [0.25, 0.3) is 0 Å². The minimum Gasteiger partial charge on any atom is -0.378 e. The zero-order chi connectivity index (χ0) is 12.4. The van der Waals surface area contributed by atoms with Crippen LogP contribution in [0.5, 0.6) is 0 Å². The van der Waals surface area contributed by atoms with Crippen molar-refractivity contribution >= 4 is 5.82 Å². The topological polar surface area (TPSA) is 30.3 Å². The second kappa shape index (κ2) is 5.08. The molecule has 0 N–H and O–H groups in total. The summed E-state index contributed by atoms with van der Waals surface area (Å²) in [4.78, 5) is 2.34. The SMILES string of the molecule is CC(C)c1cn(C(C)C)nc1N1CCOCC1. The molecule has 0 atom stereocenters. The highest BCUT2D eigenvalue weighted by Gasteiger charge is 2.20. The average Bonchev–Trinajstić information content (AvgIpc) is 2.75. The highest BCUT2D eigenvalue weighted by Crippen LogP contribution is 2.27. The Bertz CT molecular complexity index is 365. The first-order valence-electron chi connectivity index (χ1n) is 6.51. The summed E-state index contributed by atoms with van der Waals surface area (Å²) in [6, 6.07) is 0.419. The minimum atomic E-state index is 0.419. The fraction of sp³-hybridized carbons (Fsp3) is 0.769. The Morgan fingerprint density at radius 1 is 1.18 bits per heavy atom. The molecule has 1 aliphatic rings. The van der Waals surface area contributed by atoms with Crippen LogP contribution in [0.25, 0.3) is 0 Å².